The zero-order chi connectivity index (χ0) is 16.2. The fraction of sp³-hybridized carbons (Fsp3) is 0.529. The van der Waals surface area contributed by atoms with Gasteiger partial charge in [0.15, 0.2) is 0 Å². The number of rotatable bonds is 5. The van der Waals surface area contributed by atoms with Gasteiger partial charge in [-0.05, 0) is 45.4 Å². The van der Waals surface area contributed by atoms with Crippen LogP contribution in [-0.2, 0) is 4.79 Å². The van der Waals surface area contributed by atoms with Crippen molar-refractivity contribution in [2.45, 2.75) is 44.0 Å². The number of halogens is 1. The minimum absolute atomic E-state index is 0. The molecule has 0 saturated carbocycles. The highest BCUT2D eigenvalue weighted by Crippen LogP contribution is 2.27. The van der Waals surface area contributed by atoms with Crippen molar-refractivity contribution in [2.75, 3.05) is 12.3 Å². The minimum Gasteiger partial charge on any atom is -0.351 e. The van der Waals surface area contributed by atoms with Crippen LogP contribution < -0.4 is 10.6 Å². The normalized spacial score (nSPS) is 21.9. The van der Waals surface area contributed by atoms with Crippen LogP contribution in [0, 0.1) is 0 Å². The molecule has 1 saturated heterocycles. The molecule has 2 heterocycles. The molecule has 2 aromatic rings. The largest absolute Gasteiger partial charge is 0.351 e. The summed E-state index contributed by atoms with van der Waals surface area (Å²) in [5, 5.41) is 6.72. The third-order valence-electron chi connectivity index (χ3n) is 4.37. The first-order valence-corrected chi connectivity index (χ1v) is 9.27. The topological polar surface area (TPSA) is 69.8 Å². The van der Waals surface area contributed by atoms with Crippen molar-refractivity contribution >= 4 is 41.1 Å². The van der Waals surface area contributed by atoms with Crippen molar-refractivity contribution in [3.63, 3.8) is 0 Å². The molecule has 3 rings (SSSR count). The number of benzene rings is 1. The van der Waals surface area contributed by atoms with Crippen LogP contribution in [-0.4, -0.2) is 40.3 Å². The molecule has 132 valence electrons. The zero-order valence-corrected chi connectivity index (χ0v) is 15.7. The molecule has 1 fully saturated rings. The summed E-state index contributed by atoms with van der Waals surface area (Å²) in [5.74, 6) is 1.50. The van der Waals surface area contributed by atoms with Crippen molar-refractivity contribution in [1.29, 1.82) is 0 Å². The second kappa shape index (κ2) is 8.74. The number of thioether (sulfide) groups is 1. The quantitative estimate of drug-likeness (QED) is 0.758. The second-order valence-electron chi connectivity index (χ2n) is 6.15. The van der Waals surface area contributed by atoms with Gasteiger partial charge in [0.2, 0.25) is 5.91 Å². The van der Waals surface area contributed by atoms with E-state index in [1.807, 2.05) is 24.3 Å². The standard InChI is InChI=1S/C17H24N4OS.ClH/c1-11-13(8-5-9-18-11)19-16(22)10-23-12(2)17-20-14-6-3-4-7-15(14)21-17;/h3-4,6-7,11-13,18H,5,8-10H2,1-2H3,(H,19,22)(H,20,21);1H. The molecule has 5 nitrogen and oxygen atoms in total. The SMILES string of the molecule is CC(SCC(=O)NC1CCCNC1C)c1nc2ccccc2[nH]1.Cl. The maximum absolute atomic E-state index is 12.2. The number of para-hydroxylation sites is 2. The number of aromatic nitrogens is 2. The Kier molecular flexibility index (Phi) is 6.95. The Morgan fingerprint density at radius 2 is 2.25 bits per heavy atom. The van der Waals surface area contributed by atoms with Gasteiger partial charge in [0.05, 0.1) is 22.0 Å². The lowest BCUT2D eigenvalue weighted by Gasteiger charge is -2.30. The van der Waals surface area contributed by atoms with E-state index in [0.717, 1.165) is 36.2 Å². The Labute approximate surface area is 153 Å². The van der Waals surface area contributed by atoms with Crippen LogP contribution >= 0.6 is 24.2 Å². The smallest absolute Gasteiger partial charge is 0.230 e. The molecule has 1 aliphatic heterocycles. The molecule has 7 heteroatoms. The molecule has 24 heavy (non-hydrogen) atoms. The Bertz CT molecular complexity index is 644. The van der Waals surface area contributed by atoms with Gasteiger partial charge in [-0.25, -0.2) is 4.98 Å². The van der Waals surface area contributed by atoms with E-state index in [1.54, 1.807) is 11.8 Å². The minimum atomic E-state index is 0. The van der Waals surface area contributed by atoms with Gasteiger partial charge in [-0.15, -0.1) is 24.2 Å². The lowest BCUT2D eigenvalue weighted by molar-refractivity contribution is -0.119. The number of amides is 1. The van der Waals surface area contributed by atoms with Crippen molar-refractivity contribution in [3.8, 4) is 0 Å². The maximum Gasteiger partial charge on any atom is 0.230 e. The number of carbonyl (C=O) groups is 1. The molecule has 0 bridgehead atoms. The van der Waals surface area contributed by atoms with Crippen LogP contribution in [0.2, 0.25) is 0 Å². The van der Waals surface area contributed by atoms with Gasteiger partial charge in [0, 0.05) is 12.1 Å². The lowest BCUT2D eigenvalue weighted by Crippen LogP contribution is -2.52. The predicted octanol–water partition coefficient (Wildman–Crippen LogP) is 3.04. The third kappa shape index (κ3) is 4.65. The number of nitrogens with zero attached hydrogens (tertiary/aromatic N) is 1. The van der Waals surface area contributed by atoms with Gasteiger partial charge in [-0.1, -0.05) is 12.1 Å². The van der Waals surface area contributed by atoms with E-state index in [9.17, 15) is 4.79 Å². The lowest BCUT2D eigenvalue weighted by atomic mass is 10.00. The summed E-state index contributed by atoms with van der Waals surface area (Å²) < 4.78 is 0. The molecule has 3 unspecified atom stereocenters. The number of imidazole rings is 1. The molecular formula is C17H25ClN4OS. The summed E-state index contributed by atoms with van der Waals surface area (Å²) in [6.07, 6.45) is 2.18. The highest BCUT2D eigenvalue weighted by molar-refractivity contribution is 8.00. The van der Waals surface area contributed by atoms with E-state index in [2.05, 4.69) is 34.4 Å². The summed E-state index contributed by atoms with van der Waals surface area (Å²) >= 11 is 1.62. The van der Waals surface area contributed by atoms with Gasteiger partial charge >= 0.3 is 0 Å². The highest BCUT2D eigenvalue weighted by atomic mass is 35.5. The van der Waals surface area contributed by atoms with Gasteiger partial charge in [0.1, 0.15) is 5.82 Å². The average Bonchev–Trinajstić information content (AvgIpc) is 2.99. The number of hydrogen-bond acceptors (Lipinski definition) is 4. The molecule has 0 radical (unpaired) electrons. The van der Waals surface area contributed by atoms with Crippen molar-refractivity contribution < 1.29 is 4.79 Å². The molecule has 0 aliphatic carbocycles. The van der Waals surface area contributed by atoms with Gasteiger partial charge < -0.3 is 15.6 Å². The number of hydrogen-bond donors (Lipinski definition) is 3. The fourth-order valence-electron chi connectivity index (χ4n) is 2.93. The summed E-state index contributed by atoms with van der Waals surface area (Å²) in [6, 6.07) is 8.60. The summed E-state index contributed by atoms with van der Waals surface area (Å²) in [6.45, 7) is 5.26. The van der Waals surface area contributed by atoms with Gasteiger partial charge in [-0.2, -0.15) is 0 Å². The van der Waals surface area contributed by atoms with Crippen LogP contribution in [0.4, 0.5) is 0 Å². The Morgan fingerprint density at radius 1 is 1.46 bits per heavy atom. The first-order chi connectivity index (χ1) is 11.1. The highest BCUT2D eigenvalue weighted by Gasteiger charge is 2.22. The summed E-state index contributed by atoms with van der Waals surface area (Å²) in [7, 11) is 0. The second-order valence-corrected chi connectivity index (χ2v) is 7.48. The molecule has 3 N–H and O–H groups in total. The number of carbonyl (C=O) groups excluding carboxylic acids is 1. The zero-order valence-electron chi connectivity index (χ0n) is 14.0. The van der Waals surface area contributed by atoms with E-state index in [1.165, 1.54) is 0 Å². The summed E-state index contributed by atoms with van der Waals surface area (Å²) in [5.41, 5.74) is 2.02. The van der Waals surface area contributed by atoms with Crippen molar-refractivity contribution in [1.82, 2.24) is 20.6 Å². The first kappa shape index (κ1) is 19.1. The van der Waals surface area contributed by atoms with Crippen LogP contribution in [0.15, 0.2) is 24.3 Å². The van der Waals surface area contributed by atoms with Crippen LogP contribution in [0.25, 0.3) is 11.0 Å². The van der Waals surface area contributed by atoms with E-state index >= 15 is 0 Å². The predicted molar refractivity (Wildman–Crippen MR) is 103 cm³/mol. The Balaban J connectivity index is 0.00000208. The average molecular weight is 369 g/mol. The van der Waals surface area contributed by atoms with E-state index in [0.29, 0.717) is 11.8 Å². The van der Waals surface area contributed by atoms with E-state index in [-0.39, 0.29) is 29.6 Å². The van der Waals surface area contributed by atoms with Crippen molar-refractivity contribution in [2.24, 2.45) is 0 Å². The monoisotopic (exact) mass is 368 g/mol. The molecule has 3 atom stereocenters. The number of H-pyrrole nitrogens is 1. The Hall–Kier alpha value is -1.24. The molecule has 1 aromatic carbocycles. The van der Waals surface area contributed by atoms with Crippen molar-refractivity contribution in [3.05, 3.63) is 30.1 Å². The van der Waals surface area contributed by atoms with Gasteiger partial charge in [0.25, 0.3) is 0 Å². The third-order valence-corrected chi connectivity index (χ3v) is 5.52. The number of aromatic amines is 1. The number of nitrogens with one attached hydrogen (secondary N) is 3. The molecule has 0 spiro atoms. The van der Waals surface area contributed by atoms with E-state index < -0.39 is 0 Å². The summed E-state index contributed by atoms with van der Waals surface area (Å²) in [4.78, 5) is 20.1. The molecular weight excluding hydrogens is 344 g/mol. The molecule has 1 amide bonds. The van der Waals surface area contributed by atoms with Crippen LogP contribution in [0.3, 0.4) is 0 Å². The number of piperidine rings is 1. The van der Waals surface area contributed by atoms with E-state index in [4.69, 9.17) is 0 Å². The first-order valence-electron chi connectivity index (χ1n) is 8.22. The van der Waals surface area contributed by atoms with Crippen LogP contribution in [0.5, 0.6) is 0 Å². The Morgan fingerprint density at radius 3 is 3.00 bits per heavy atom. The maximum atomic E-state index is 12.2. The number of fused-ring (bicyclic) bond motifs is 1. The molecule has 1 aliphatic rings. The van der Waals surface area contributed by atoms with Crippen LogP contribution in [0.1, 0.15) is 37.8 Å². The van der Waals surface area contributed by atoms with Gasteiger partial charge in [-0.3, -0.25) is 4.79 Å². The fourth-order valence-corrected chi connectivity index (χ4v) is 3.69. The molecule has 1 aromatic heterocycles.